The van der Waals surface area contributed by atoms with Crippen molar-refractivity contribution in [3.05, 3.63) is 70.3 Å². The van der Waals surface area contributed by atoms with Crippen molar-refractivity contribution in [2.45, 2.75) is 20.4 Å². The van der Waals surface area contributed by atoms with Crippen LogP contribution in [-0.2, 0) is 11.3 Å². The lowest BCUT2D eigenvalue weighted by molar-refractivity contribution is -0.118. The monoisotopic (exact) mass is 354 g/mol. The van der Waals surface area contributed by atoms with Gasteiger partial charge in [0, 0.05) is 29.8 Å². The number of ether oxygens (including phenoxy) is 1. The first kappa shape index (κ1) is 17.7. The van der Waals surface area contributed by atoms with Crippen molar-refractivity contribution < 1.29 is 13.9 Å². The van der Waals surface area contributed by atoms with Crippen LogP contribution in [0, 0.1) is 12.7 Å². The summed E-state index contributed by atoms with van der Waals surface area (Å²) in [4.78, 5) is 24.1. The molecule has 6 heteroatoms. The highest BCUT2D eigenvalue weighted by Crippen LogP contribution is 2.22. The molecule has 1 N–H and O–H groups in total. The molecule has 1 amide bonds. The van der Waals surface area contributed by atoms with Crippen LogP contribution in [0.1, 0.15) is 12.5 Å². The Balaban J connectivity index is 1.77. The second kappa shape index (κ2) is 7.39. The summed E-state index contributed by atoms with van der Waals surface area (Å²) in [6, 6.07) is 12.6. The number of rotatable bonds is 5. The van der Waals surface area contributed by atoms with E-state index in [-0.39, 0.29) is 12.2 Å². The van der Waals surface area contributed by atoms with Gasteiger partial charge in [0.25, 0.3) is 11.5 Å². The lowest BCUT2D eigenvalue weighted by atomic mass is 10.1. The van der Waals surface area contributed by atoms with Crippen molar-refractivity contribution in [1.29, 1.82) is 0 Å². The molecule has 0 saturated heterocycles. The number of nitrogens with one attached hydrogen (secondary N) is 1. The standard InChI is InChI=1S/C20H19FN2O3/c1-3-23-18-11-16(7-8-17(18)13(2)9-20(23)25)26-12-19(24)22-15-6-4-5-14(21)10-15/h4-11H,3,12H2,1-2H3,(H,22,24). The number of fused-ring (bicyclic) bond motifs is 1. The average Bonchev–Trinajstić information content (AvgIpc) is 2.60. The summed E-state index contributed by atoms with van der Waals surface area (Å²) in [5, 5.41) is 3.53. The molecule has 3 aromatic rings. The highest BCUT2D eigenvalue weighted by atomic mass is 19.1. The molecule has 0 saturated carbocycles. The molecule has 134 valence electrons. The van der Waals surface area contributed by atoms with Crippen molar-refractivity contribution in [1.82, 2.24) is 4.57 Å². The number of hydrogen-bond acceptors (Lipinski definition) is 3. The van der Waals surface area contributed by atoms with Gasteiger partial charge in [-0.05, 0) is 49.7 Å². The van der Waals surface area contributed by atoms with Crippen LogP contribution in [0.3, 0.4) is 0 Å². The molecule has 0 bridgehead atoms. The molecule has 0 fully saturated rings. The van der Waals surface area contributed by atoms with Crippen molar-refractivity contribution in [2.75, 3.05) is 11.9 Å². The van der Waals surface area contributed by atoms with E-state index in [1.54, 1.807) is 28.8 Å². The molecule has 5 nitrogen and oxygen atoms in total. The van der Waals surface area contributed by atoms with Gasteiger partial charge in [-0.1, -0.05) is 6.07 Å². The molecule has 26 heavy (non-hydrogen) atoms. The molecule has 0 radical (unpaired) electrons. The van der Waals surface area contributed by atoms with E-state index in [0.717, 1.165) is 16.5 Å². The van der Waals surface area contributed by atoms with Gasteiger partial charge in [0.05, 0.1) is 5.52 Å². The highest BCUT2D eigenvalue weighted by Gasteiger charge is 2.09. The predicted octanol–water partition coefficient (Wildman–Crippen LogP) is 3.49. The van der Waals surface area contributed by atoms with Crippen LogP contribution in [0.15, 0.2) is 53.3 Å². The number of halogens is 1. The van der Waals surface area contributed by atoms with E-state index in [9.17, 15) is 14.0 Å². The van der Waals surface area contributed by atoms with Gasteiger partial charge in [0.2, 0.25) is 0 Å². The van der Waals surface area contributed by atoms with Crippen molar-refractivity contribution in [3.63, 3.8) is 0 Å². The maximum absolute atomic E-state index is 13.1. The Bertz CT molecular complexity index is 1030. The van der Waals surface area contributed by atoms with Gasteiger partial charge in [-0.25, -0.2) is 4.39 Å². The highest BCUT2D eigenvalue weighted by molar-refractivity contribution is 5.92. The number of amides is 1. The smallest absolute Gasteiger partial charge is 0.262 e. The molecule has 0 spiro atoms. The molecule has 0 aliphatic carbocycles. The lowest BCUT2D eigenvalue weighted by Crippen LogP contribution is -2.21. The van der Waals surface area contributed by atoms with Crippen LogP contribution < -0.4 is 15.6 Å². The first-order valence-electron chi connectivity index (χ1n) is 8.30. The van der Waals surface area contributed by atoms with Gasteiger partial charge in [0.15, 0.2) is 6.61 Å². The Labute approximate surface area is 150 Å². The van der Waals surface area contributed by atoms with E-state index in [1.807, 2.05) is 19.9 Å². The van der Waals surface area contributed by atoms with Crippen molar-refractivity contribution in [2.24, 2.45) is 0 Å². The molecule has 2 aromatic carbocycles. The largest absolute Gasteiger partial charge is 0.484 e. The average molecular weight is 354 g/mol. The minimum Gasteiger partial charge on any atom is -0.484 e. The van der Waals surface area contributed by atoms with E-state index in [4.69, 9.17) is 4.74 Å². The number of pyridine rings is 1. The SMILES string of the molecule is CCn1c(=O)cc(C)c2ccc(OCC(=O)Nc3cccc(F)c3)cc21. The zero-order chi connectivity index (χ0) is 18.7. The normalized spacial score (nSPS) is 10.7. The third-order valence-electron chi connectivity index (χ3n) is 4.09. The molecule has 0 atom stereocenters. The Morgan fingerprint density at radius 3 is 2.73 bits per heavy atom. The molecule has 3 rings (SSSR count). The number of benzene rings is 2. The fourth-order valence-electron chi connectivity index (χ4n) is 2.86. The second-order valence-electron chi connectivity index (χ2n) is 5.94. The Morgan fingerprint density at radius 2 is 2.00 bits per heavy atom. The Morgan fingerprint density at radius 1 is 1.19 bits per heavy atom. The van der Waals surface area contributed by atoms with Crippen LogP contribution in [0.2, 0.25) is 0 Å². The van der Waals surface area contributed by atoms with Crippen LogP contribution in [-0.4, -0.2) is 17.1 Å². The zero-order valence-corrected chi connectivity index (χ0v) is 14.6. The fraction of sp³-hybridized carbons (Fsp3) is 0.200. The van der Waals surface area contributed by atoms with E-state index < -0.39 is 11.7 Å². The van der Waals surface area contributed by atoms with Gasteiger partial charge in [-0.2, -0.15) is 0 Å². The molecular weight excluding hydrogens is 335 g/mol. The second-order valence-corrected chi connectivity index (χ2v) is 5.94. The van der Waals surface area contributed by atoms with E-state index in [1.165, 1.54) is 18.2 Å². The molecule has 0 unspecified atom stereocenters. The first-order valence-corrected chi connectivity index (χ1v) is 8.30. The summed E-state index contributed by atoms with van der Waals surface area (Å²) in [5.74, 6) is -0.335. The van der Waals surface area contributed by atoms with Crippen molar-refractivity contribution >= 4 is 22.5 Å². The number of nitrogens with zero attached hydrogens (tertiary/aromatic N) is 1. The van der Waals surface area contributed by atoms with Crippen LogP contribution >= 0.6 is 0 Å². The van der Waals surface area contributed by atoms with Gasteiger partial charge >= 0.3 is 0 Å². The third-order valence-corrected chi connectivity index (χ3v) is 4.09. The zero-order valence-electron chi connectivity index (χ0n) is 14.6. The number of aryl methyl sites for hydroxylation is 2. The van der Waals surface area contributed by atoms with Gasteiger partial charge < -0.3 is 14.6 Å². The minimum atomic E-state index is -0.425. The first-order chi connectivity index (χ1) is 12.5. The van der Waals surface area contributed by atoms with Crippen LogP contribution in [0.5, 0.6) is 5.75 Å². The summed E-state index contributed by atoms with van der Waals surface area (Å²) >= 11 is 0. The predicted molar refractivity (Wildman–Crippen MR) is 99.1 cm³/mol. The van der Waals surface area contributed by atoms with Gasteiger partial charge in [-0.3, -0.25) is 9.59 Å². The van der Waals surface area contributed by atoms with Gasteiger partial charge in [-0.15, -0.1) is 0 Å². The van der Waals surface area contributed by atoms with E-state index in [2.05, 4.69) is 5.32 Å². The summed E-state index contributed by atoms with van der Waals surface area (Å²) in [6.45, 7) is 4.11. The number of anilines is 1. The maximum atomic E-state index is 13.1. The molecule has 1 aromatic heterocycles. The van der Waals surface area contributed by atoms with E-state index >= 15 is 0 Å². The third kappa shape index (κ3) is 3.74. The molecule has 0 aliphatic rings. The lowest BCUT2D eigenvalue weighted by Gasteiger charge is -2.12. The van der Waals surface area contributed by atoms with Crippen LogP contribution in [0.25, 0.3) is 10.9 Å². The van der Waals surface area contributed by atoms with Gasteiger partial charge in [0.1, 0.15) is 11.6 Å². The summed E-state index contributed by atoms with van der Waals surface area (Å²) in [6.07, 6.45) is 0. The maximum Gasteiger partial charge on any atom is 0.262 e. The number of carbonyl (C=O) groups excluding carboxylic acids is 1. The summed E-state index contributed by atoms with van der Waals surface area (Å²) < 4.78 is 20.3. The fourth-order valence-corrected chi connectivity index (χ4v) is 2.86. The molecule has 1 heterocycles. The Hall–Kier alpha value is -3.15. The quantitative estimate of drug-likeness (QED) is 0.763. The number of hydrogen-bond donors (Lipinski definition) is 1. The van der Waals surface area contributed by atoms with Crippen molar-refractivity contribution in [3.8, 4) is 5.75 Å². The topological polar surface area (TPSA) is 60.3 Å². The summed E-state index contributed by atoms with van der Waals surface area (Å²) in [5.41, 5.74) is 1.96. The van der Waals surface area contributed by atoms with Crippen LogP contribution in [0.4, 0.5) is 10.1 Å². The summed E-state index contributed by atoms with van der Waals surface area (Å²) in [7, 11) is 0. The van der Waals surface area contributed by atoms with E-state index in [0.29, 0.717) is 18.0 Å². The minimum absolute atomic E-state index is 0.0708. The Kier molecular flexibility index (Phi) is 5.02. The number of carbonyl (C=O) groups is 1. The molecule has 0 aliphatic heterocycles. The number of aromatic nitrogens is 1. The molecular formula is C20H19FN2O3.